The Labute approximate surface area is 130 Å². The highest BCUT2D eigenvalue weighted by atomic mass is 79.9. The molecule has 21 heavy (non-hydrogen) atoms. The Kier molecular flexibility index (Phi) is 5.30. The minimum atomic E-state index is -4.34. The fraction of sp³-hybridized carbons (Fsp3) is 0.533. The van der Waals surface area contributed by atoms with E-state index in [-0.39, 0.29) is 18.4 Å². The summed E-state index contributed by atoms with van der Waals surface area (Å²) >= 11 is 3.44. The highest BCUT2D eigenvalue weighted by Gasteiger charge is 2.30. The standard InChI is InChI=1S/C15H17BrF3NO/c16-9-11-2-1-3-13(11)20-14(21)8-10-4-6-12(7-5-10)15(17,18)19/h4-7,11,13H,1-3,8-9H2,(H,20,21). The van der Waals surface area contributed by atoms with Gasteiger partial charge in [-0.15, -0.1) is 0 Å². The van der Waals surface area contributed by atoms with Gasteiger partial charge in [0.15, 0.2) is 0 Å². The summed E-state index contributed by atoms with van der Waals surface area (Å²) in [6, 6.07) is 4.92. The summed E-state index contributed by atoms with van der Waals surface area (Å²) in [6.07, 6.45) is -1.07. The average Bonchev–Trinajstić information content (AvgIpc) is 2.85. The van der Waals surface area contributed by atoms with Crippen LogP contribution in [0.2, 0.25) is 0 Å². The third-order valence-electron chi connectivity index (χ3n) is 3.85. The second-order valence-electron chi connectivity index (χ2n) is 5.39. The first-order valence-electron chi connectivity index (χ1n) is 6.91. The van der Waals surface area contributed by atoms with Crippen LogP contribution in [0.15, 0.2) is 24.3 Å². The number of carbonyl (C=O) groups is 1. The van der Waals surface area contributed by atoms with Crippen molar-refractivity contribution in [1.29, 1.82) is 0 Å². The lowest BCUT2D eigenvalue weighted by Crippen LogP contribution is -2.38. The molecule has 0 aliphatic heterocycles. The van der Waals surface area contributed by atoms with E-state index in [0.29, 0.717) is 11.5 Å². The van der Waals surface area contributed by atoms with Crippen LogP contribution in [0.1, 0.15) is 30.4 Å². The first-order chi connectivity index (χ1) is 9.90. The van der Waals surface area contributed by atoms with Gasteiger partial charge in [0.2, 0.25) is 5.91 Å². The van der Waals surface area contributed by atoms with Gasteiger partial charge >= 0.3 is 6.18 Å². The van der Waals surface area contributed by atoms with Gasteiger partial charge in [0.1, 0.15) is 0 Å². The Morgan fingerprint density at radius 1 is 1.24 bits per heavy atom. The highest BCUT2D eigenvalue weighted by molar-refractivity contribution is 9.09. The van der Waals surface area contributed by atoms with E-state index >= 15 is 0 Å². The van der Waals surface area contributed by atoms with Crippen molar-refractivity contribution in [3.8, 4) is 0 Å². The van der Waals surface area contributed by atoms with E-state index in [1.165, 1.54) is 12.1 Å². The van der Waals surface area contributed by atoms with Crippen LogP contribution in [0.25, 0.3) is 0 Å². The monoisotopic (exact) mass is 363 g/mol. The van der Waals surface area contributed by atoms with Gasteiger partial charge in [0, 0.05) is 11.4 Å². The summed E-state index contributed by atoms with van der Waals surface area (Å²) in [7, 11) is 0. The van der Waals surface area contributed by atoms with E-state index in [0.717, 1.165) is 36.7 Å². The highest BCUT2D eigenvalue weighted by Crippen LogP contribution is 2.29. The molecule has 1 aliphatic carbocycles. The molecular weight excluding hydrogens is 347 g/mol. The van der Waals surface area contributed by atoms with E-state index < -0.39 is 11.7 Å². The SMILES string of the molecule is O=C(Cc1ccc(C(F)(F)F)cc1)NC1CCCC1CBr. The molecule has 1 saturated carbocycles. The molecule has 0 saturated heterocycles. The number of nitrogens with one attached hydrogen (secondary N) is 1. The zero-order valence-electron chi connectivity index (χ0n) is 11.4. The third-order valence-corrected chi connectivity index (χ3v) is 4.68. The number of alkyl halides is 4. The Morgan fingerprint density at radius 3 is 2.48 bits per heavy atom. The van der Waals surface area contributed by atoms with Crippen LogP contribution in [0, 0.1) is 5.92 Å². The number of carbonyl (C=O) groups excluding carboxylic acids is 1. The fourth-order valence-corrected chi connectivity index (χ4v) is 3.44. The summed E-state index contributed by atoms with van der Waals surface area (Å²) < 4.78 is 37.4. The van der Waals surface area contributed by atoms with Crippen LogP contribution in [0.4, 0.5) is 13.2 Å². The van der Waals surface area contributed by atoms with Crippen LogP contribution in [-0.4, -0.2) is 17.3 Å². The first kappa shape index (κ1) is 16.3. The van der Waals surface area contributed by atoms with Crippen LogP contribution in [-0.2, 0) is 17.4 Å². The van der Waals surface area contributed by atoms with Crippen LogP contribution < -0.4 is 5.32 Å². The van der Waals surface area contributed by atoms with Gasteiger partial charge < -0.3 is 5.32 Å². The van der Waals surface area contributed by atoms with Gasteiger partial charge in [-0.25, -0.2) is 0 Å². The van der Waals surface area contributed by atoms with Gasteiger partial charge in [-0.05, 0) is 36.5 Å². The molecule has 1 aromatic rings. The zero-order chi connectivity index (χ0) is 15.5. The van der Waals surface area contributed by atoms with E-state index in [2.05, 4.69) is 21.2 Å². The van der Waals surface area contributed by atoms with Crippen molar-refractivity contribution in [2.45, 2.75) is 37.9 Å². The molecule has 2 atom stereocenters. The van der Waals surface area contributed by atoms with Gasteiger partial charge in [0.05, 0.1) is 12.0 Å². The number of rotatable bonds is 4. The predicted octanol–water partition coefficient (Wildman–Crippen LogP) is 3.93. The maximum atomic E-state index is 12.5. The van der Waals surface area contributed by atoms with E-state index in [4.69, 9.17) is 0 Å². The molecule has 1 amide bonds. The number of hydrogen-bond donors (Lipinski definition) is 1. The summed E-state index contributed by atoms with van der Waals surface area (Å²) in [5.74, 6) is 0.314. The molecule has 2 rings (SSSR count). The summed E-state index contributed by atoms with van der Waals surface area (Å²) in [5.41, 5.74) is -0.101. The van der Waals surface area contributed by atoms with Crippen LogP contribution in [0.3, 0.4) is 0 Å². The number of hydrogen-bond acceptors (Lipinski definition) is 1. The van der Waals surface area contributed by atoms with E-state index in [1.807, 2.05) is 0 Å². The Hall–Kier alpha value is -1.04. The lowest BCUT2D eigenvalue weighted by molar-refractivity contribution is -0.137. The number of halogens is 4. The maximum absolute atomic E-state index is 12.5. The van der Waals surface area contributed by atoms with Crippen LogP contribution >= 0.6 is 15.9 Å². The van der Waals surface area contributed by atoms with Crippen molar-refractivity contribution in [2.75, 3.05) is 5.33 Å². The van der Waals surface area contributed by atoms with E-state index in [9.17, 15) is 18.0 Å². The van der Waals surface area contributed by atoms with Crippen molar-refractivity contribution >= 4 is 21.8 Å². The molecule has 2 nitrogen and oxygen atoms in total. The Balaban J connectivity index is 1.91. The molecule has 1 N–H and O–H groups in total. The van der Waals surface area contributed by atoms with Crippen molar-refractivity contribution in [1.82, 2.24) is 5.32 Å². The van der Waals surface area contributed by atoms with Gasteiger partial charge in [-0.2, -0.15) is 13.2 Å². The smallest absolute Gasteiger partial charge is 0.353 e. The number of benzene rings is 1. The largest absolute Gasteiger partial charge is 0.416 e. The minimum absolute atomic E-state index is 0.115. The molecule has 0 radical (unpaired) electrons. The third kappa shape index (κ3) is 4.46. The van der Waals surface area contributed by atoms with Gasteiger partial charge in [-0.3, -0.25) is 4.79 Å². The van der Waals surface area contributed by atoms with Gasteiger partial charge in [0.25, 0.3) is 0 Å². The predicted molar refractivity (Wildman–Crippen MR) is 78.2 cm³/mol. The second kappa shape index (κ2) is 6.81. The first-order valence-corrected chi connectivity index (χ1v) is 8.04. The lowest BCUT2D eigenvalue weighted by atomic mass is 10.1. The fourth-order valence-electron chi connectivity index (χ4n) is 2.67. The minimum Gasteiger partial charge on any atom is -0.353 e. The van der Waals surface area contributed by atoms with Crippen molar-refractivity contribution in [2.24, 2.45) is 5.92 Å². The molecule has 0 bridgehead atoms. The van der Waals surface area contributed by atoms with Crippen molar-refractivity contribution in [3.05, 3.63) is 35.4 Å². The zero-order valence-corrected chi connectivity index (χ0v) is 13.0. The summed E-state index contributed by atoms with van der Waals surface area (Å²) in [4.78, 5) is 12.0. The normalized spacial score (nSPS) is 22.3. The van der Waals surface area contributed by atoms with Crippen molar-refractivity contribution in [3.63, 3.8) is 0 Å². The molecule has 1 aliphatic rings. The quantitative estimate of drug-likeness (QED) is 0.806. The molecule has 6 heteroatoms. The molecule has 0 aromatic heterocycles. The topological polar surface area (TPSA) is 29.1 Å². The lowest BCUT2D eigenvalue weighted by Gasteiger charge is -2.19. The van der Waals surface area contributed by atoms with Crippen molar-refractivity contribution < 1.29 is 18.0 Å². The molecule has 116 valence electrons. The average molecular weight is 364 g/mol. The molecule has 0 heterocycles. The van der Waals surface area contributed by atoms with Gasteiger partial charge in [-0.1, -0.05) is 34.5 Å². The maximum Gasteiger partial charge on any atom is 0.416 e. The molecule has 0 spiro atoms. The molecule has 1 aromatic carbocycles. The summed E-state index contributed by atoms with van der Waals surface area (Å²) in [6.45, 7) is 0. The molecular formula is C15H17BrF3NO. The Bertz CT molecular complexity index is 487. The molecule has 2 unspecified atom stereocenters. The Morgan fingerprint density at radius 2 is 1.90 bits per heavy atom. The van der Waals surface area contributed by atoms with Crippen LogP contribution in [0.5, 0.6) is 0 Å². The number of amides is 1. The molecule has 1 fully saturated rings. The van der Waals surface area contributed by atoms with E-state index in [1.54, 1.807) is 0 Å². The second-order valence-corrected chi connectivity index (χ2v) is 6.04. The summed E-state index contributed by atoms with van der Waals surface area (Å²) in [5, 5.41) is 3.84.